The average molecular weight is 496 g/mol. The molecule has 1 aliphatic rings. The molecular formula is C26H24F3N5O2. The van der Waals surface area contributed by atoms with Crippen molar-refractivity contribution in [1.82, 2.24) is 9.97 Å². The van der Waals surface area contributed by atoms with E-state index in [4.69, 9.17) is 4.74 Å². The maximum atomic E-state index is 12.7. The van der Waals surface area contributed by atoms with Gasteiger partial charge in [0.25, 0.3) is 5.91 Å². The number of amides is 1. The summed E-state index contributed by atoms with van der Waals surface area (Å²) in [5.74, 6) is 0.328. The molecule has 0 saturated carbocycles. The van der Waals surface area contributed by atoms with Gasteiger partial charge in [-0.15, -0.1) is 0 Å². The van der Waals surface area contributed by atoms with Crippen molar-refractivity contribution in [2.45, 2.75) is 6.18 Å². The number of imidazole rings is 1. The Morgan fingerprint density at radius 1 is 0.972 bits per heavy atom. The number of H-pyrrole nitrogens is 1. The summed E-state index contributed by atoms with van der Waals surface area (Å²) in [6, 6.07) is 19.5. The van der Waals surface area contributed by atoms with Crippen LogP contribution in [0.15, 0.2) is 66.7 Å². The monoisotopic (exact) mass is 495 g/mol. The lowest BCUT2D eigenvalue weighted by Crippen LogP contribution is -2.36. The fourth-order valence-electron chi connectivity index (χ4n) is 4.02. The van der Waals surface area contributed by atoms with Gasteiger partial charge in [-0.3, -0.25) is 4.79 Å². The van der Waals surface area contributed by atoms with Crippen LogP contribution in [-0.2, 0) is 4.74 Å². The Morgan fingerprint density at radius 3 is 2.36 bits per heavy atom. The van der Waals surface area contributed by atoms with E-state index in [2.05, 4.69) is 25.5 Å². The topological polar surface area (TPSA) is 82.3 Å². The molecule has 0 aliphatic carbocycles. The van der Waals surface area contributed by atoms with Gasteiger partial charge in [0, 0.05) is 41.3 Å². The van der Waals surface area contributed by atoms with Crippen molar-refractivity contribution in [3.8, 4) is 11.4 Å². The zero-order chi connectivity index (χ0) is 25.1. The summed E-state index contributed by atoms with van der Waals surface area (Å²) >= 11 is 0. The Morgan fingerprint density at radius 2 is 1.67 bits per heavy atom. The zero-order valence-corrected chi connectivity index (χ0v) is 19.2. The summed E-state index contributed by atoms with van der Waals surface area (Å²) in [5, 5.41) is 5.27. The minimum absolute atomic E-state index is 0.231. The molecular weight excluding hydrogens is 471 g/mol. The molecule has 0 bridgehead atoms. The zero-order valence-electron chi connectivity index (χ0n) is 19.2. The van der Waals surface area contributed by atoms with Gasteiger partial charge in [0.15, 0.2) is 0 Å². The van der Waals surface area contributed by atoms with Crippen LogP contribution in [0.1, 0.15) is 10.4 Å². The smallest absolute Gasteiger partial charge is 0.378 e. The number of carbonyl (C=O) groups is 1. The molecule has 1 aliphatic heterocycles. The van der Waals surface area contributed by atoms with Crippen LogP contribution in [0, 0.1) is 0 Å². The van der Waals surface area contributed by atoms with Crippen LogP contribution in [0.5, 0.6) is 0 Å². The predicted octanol–water partition coefficient (Wildman–Crippen LogP) is 5.29. The number of alkyl halides is 3. The third kappa shape index (κ3) is 5.60. The molecule has 1 aromatic heterocycles. The molecule has 1 fully saturated rings. The van der Waals surface area contributed by atoms with E-state index in [9.17, 15) is 18.0 Å². The molecule has 1 saturated heterocycles. The van der Waals surface area contributed by atoms with Crippen LogP contribution in [0.2, 0.25) is 0 Å². The van der Waals surface area contributed by atoms with Crippen LogP contribution in [0.3, 0.4) is 0 Å². The van der Waals surface area contributed by atoms with Gasteiger partial charge in [0.1, 0.15) is 12.4 Å². The Kier molecular flexibility index (Phi) is 6.51. The number of carbonyl (C=O) groups excluding carboxylic acids is 1. The van der Waals surface area contributed by atoms with Gasteiger partial charge in [-0.2, -0.15) is 13.2 Å². The summed E-state index contributed by atoms with van der Waals surface area (Å²) in [4.78, 5) is 22.6. The Bertz CT molecular complexity index is 1350. The van der Waals surface area contributed by atoms with Gasteiger partial charge in [0.05, 0.1) is 24.2 Å². The number of ether oxygens (including phenoxy) is 1. The van der Waals surface area contributed by atoms with Crippen LogP contribution in [0.4, 0.5) is 30.2 Å². The second-order valence-corrected chi connectivity index (χ2v) is 8.46. The van der Waals surface area contributed by atoms with Gasteiger partial charge in [0.2, 0.25) is 0 Å². The van der Waals surface area contributed by atoms with E-state index >= 15 is 0 Å². The average Bonchev–Trinajstić information content (AvgIpc) is 3.32. The summed E-state index contributed by atoms with van der Waals surface area (Å²) < 4.78 is 42.8. The van der Waals surface area contributed by atoms with Crippen molar-refractivity contribution in [3.05, 3.63) is 72.3 Å². The fourth-order valence-corrected chi connectivity index (χ4v) is 4.02. The molecule has 10 heteroatoms. The number of aromatic nitrogens is 2. The number of anilines is 3. The van der Waals surface area contributed by atoms with E-state index in [-0.39, 0.29) is 5.91 Å². The molecule has 0 atom stereocenters. The van der Waals surface area contributed by atoms with Crippen LogP contribution in [-0.4, -0.2) is 54.9 Å². The summed E-state index contributed by atoms with van der Waals surface area (Å²) in [6.45, 7) is 2.01. The second kappa shape index (κ2) is 9.90. The third-order valence-electron chi connectivity index (χ3n) is 5.90. The van der Waals surface area contributed by atoms with E-state index in [1.807, 2.05) is 24.3 Å². The molecule has 1 amide bonds. The normalized spacial score (nSPS) is 14.1. The lowest BCUT2D eigenvalue weighted by atomic mass is 10.1. The number of nitrogens with one attached hydrogen (secondary N) is 3. The van der Waals surface area contributed by atoms with E-state index in [0.717, 1.165) is 24.3 Å². The first-order valence-corrected chi connectivity index (χ1v) is 11.5. The summed E-state index contributed by atoms with van der Waals surface area (Å²) in [7, 11) is 0. The lowest BCUT2D eigenvalue weighted by Gasteiger charge is -2.28. The third-order valence-corrected chi connectivity index (χ3v) is 5.90. The van der Waals surface area contributed by atoms with Crippen molar-refractivity contribution >= 4 is 34.0 Å². The largest absolute Gasteiger partial charge is 0.405 e. The Labute approximate surface area is 205 Å². The fraction of sp³-hybridized carbons (Fsp3) is 0.231. The lowest BCUT2D eigenvalue weighted by molar-refractivity contribution is -0.115. The minimum atomic E-state index is -4.30. The van der Waals surface area contributed by atoms with Gasteiger partial charge < -0.3 is 25.3 Å². The Balaban J connectivity index is 1.24. The molecule has 186 valence electrons. The summed E-state index contributed by atoms with van der Waals surface area (Å²) in [6.07, 6.45) is -4.30. The highest BCUT2D eigenvalue weighted by atomic mass is 19.4. The van der Waals surface area contributed by atoms with Crippen molar-refractivity contribution in [2.24, 2.45) is 0 Å². The van der Waals surface area contributed by atoms with E-state index in [1.165, 1.54) is 0 Å². The first kappa shape index (κ1) is 23.7. The number of hydrogen-bond donors (Lipinski definition) is 3. The van der Waals surface area contributed by atoms with Crippen LogP contribution >= 0.6 is 0 Å². The standard InChI is InChI=1S/C26H24F3N5O2/c27-26(28,29)16-30-20-7-10-22-23(15-20)33-24(32-22)17-1-3-18(4-2-17)25(35)31-19-5-8-21(9-6-19)34-11-13-36-14-12-34/h1-10,15,30H,11-14,16H2,(H,31,35)(H,32,33). The van der Waals surface area contributed by atoms with Gasteiger partial charge in [-0.25, -0.2) is 4.98 Å². The first-order valence-electron chi connectivity index (χ1n) is 11.5. The number of halogens is 3. The second-order valence-electron chi connectivity index (χ2n) is 8.46. The highest BCUT2D eigenvalue weighted by molar-refractivity contribution is 6.04. The number of benzene rings is 3. The van der Waals surface area contributed by atoms with Crippen molar-refractivity contribution < 1.29 is 22.7 Å². The molecule has 7 nitrogen and oxygen atoms in total. The minimum Gasteiger partial charge on any atom is -0.378 e. The molecule has 4 aromatic rings. The predicted molar refractivity (Wildman–Crippen MR) is 134 cm³/mol. The highest BCUT2D eigenvalue weighted by Crippen LogP contribution is 2.25. The molecule has 2 heterocycles. The van der Waals surface area contributed by atoms with Gasteiger partial charge in [-0.1, -0.05) is 12.1 Å². The van der Waals surface area contributed by atoms with Crippen molar-refractivity contribution in [3.63, 3.8) is 0 Å². The van der Waals surface area contributed by atoms with Crippen LogP contribution in [0.25, 0.3) is 22.4 Å². The SMILES string of the molecule is O=C(Nc1ccc(N2CCOCC2)cc1)c1ccc(-c2nc3ccc(NCC(F)(F)F)cc3[nH]2)cc1. The quantitative estimate of drug-likeness (QED) is 0.339. The number of rotatable bonds is 6. The van der Waals surface area contributed by atoms with Crippen LogP contribution < -0.4 is 15.5 Å². The molecule has 36 heavy (non-hydrogen) atoms. The van der Waals surface area contributed by atoms with Gasteiger partial charge in [-0.05, 0) is 54.6 Å². The first-order chi connectivity index (χ1) is 17.3. The molecule has 5 rings (SSSR count). The van der Waals surface area contributed by atoms with Crippen molar-refractivity contribution in [2.75, 3.05) is 48.4 Å². The molecule has 0 spiro atoms. The number of aromatic amines is 1. The number of nitrogens with zero attached hydrogens (tertiary/aromatic N) is 2. The van der Waals surface area contributed by atoms with E-state index in [1.54, 1.807) is 42.5 Å². The highest BCUT2D eigenvalue weighted by Gasteiger charge is 2.26. The molecule has 3 aromatic carbocycles. The molecule has 3 N–H and O–H groups in total. The Hall–Kier alpha value is -4.05. The van der Waals surface area contributed by atoms with Crippen molar-refractivity contribution in [1.29, 1.82) is 0 Å². The maximum Gasteiger partial charge on any atom is 0.405 e. The number of morpholine rings is 1. The summed E-state index contributed by atoms with van der Waals surface area (Å²) in [5.41, 5.74) is 4.63. The van der Waals surface area contributed by atoms with E-state index < -0.39 is 12.7 Å². The number of hydrogen-bond acceptors (Lipinski definition) is 5. The van der Waals surface area contributed by atoms with E-state index in [0.29, 0.717) is 47.0 Å². The van der Waals surface area contributed by atoms with Gasteiger partial charge >= 0.3 is 6.18 Å². The molecule has 0 unspecified atom stereocenters. The maximum absolute atomic E-state index is 12.7. The molecule has 0 radical (unpaired) electrons. The number of fused-ring (bicyclic) bond motifs is 1.